The van der Waals surface area contributed by atoms with Gasteiger partial charge in [0.25, 0.3) is 5.91 Å². The van der Waals surface area contributed by atoms with Crippen molar-refractivity contribution < 1.29 is 14.7 Å². The molecule has 0 bridgehead atoms. The van der Waals surface area contributed by atoms with Crippen LogP contribution in [0.5, 0.6) is 0 Å². The molecule has 1 aliphatic carbocycles. The molecule has 2 atom stereocenters. The van der Waals surface area contributed by atoms with Crippen LogP contribution < -0.4 is 5.32 Å². The van der Waals surface area contributed by atoms with Crippen molar-refractivity contribution in [1.82, 2.24) is 5.32 Å². The summed E-state index contributed by atoms with van der Waals surface area (Å²) in [6.45, 7) is 2.16. The Bertz CT molecular complexity index is 507. The topological polar surface area (TPSA) is 66.4 Å². The molecule has 0 aliphatic heterocycles. The second-order valence-corrected chi connectivity index (χ2v) is 5.98. The highest BCUT2D eigenvalue weighted by Gasteiger charge is 2.25. The van der Waals surface area contributed by atoms with Crippen LogP contribution in [0.25, 0.3) is 6.08 Å². The molecule has 1 aromatic heterocycles. The van der Waals surface area contributed by atoms with E-state index in [0.29, 0.717) is 10.8 Å². The number of carbonyl (C=O) groups excluding carboxylic acids is 1. The van der Waals surface area contributed by atoms with Gasteiger partial charge in [0.15, 0.2) is 0 Å². The van der Waals surface area contributed by atoms with E-state index in [9.17, 15) is 9.59 Å². The van der Waals surface area contributed by atoms with E-state index in [1.54, 1.807) is 12.1 Å². The van der Waals surface area contributed by atoms with E-state index in [2.05, 4.69) is 12.2 Å². The highest BCUT2D eigenvalue weighted by atomic mass is 32.1. The summed E-state index contributed by atoms with van der Waals surface area (Å²) in [5.41, 5.74) is 0. The molecule has 1 saturated carbocycles. The van der Waals surface area contributed by atoms with E-state index < -0.39 is 5.97 Å². The molecule has 5 heteroatoms. The minimum absolute atomic E-state index is 0.0567. The lowest BCUT2D eigenvalue weighted by Crippen LogP contribution is -2.35. The van der Waals surface area contributed by atoms with Gasteiger partial charge in [0, 0.05) is 17.0 Å². The Morgan fingerprint density at radius 1 is 1.42 bits per heavy atom. The summed E-state index contributed by atoms with van der Waals surface area (Å²) in [5.74, 6) is -0.506. The van der Waals surface area contributed by atoms with Gasteiger partial charge < -0.3 is 10.4 Å². The number of thiophene rings is 1. The third kappa shape index (κ3) is 3.67. The van der Waals surface area contributed by atoms with Crippen LogP contribution in [-0.2, 0) is 4.79 Å². The van der Waals surface area contributed by atoms with Crippen LogP contribution in [0.4, 0.5) is 0 Å². The Balaban J connectivity index is 1.98. The Kier molecular flexibility index (Phi) is 4.37. The Morgan fingerprint density at radius 3 is 2.84 bits per heavy atom. The molecule has 0 aromatic carbocycles. The van der Waals surface area contributed by atoms with E-state index in [1.165, 1.54) is 30.3 Å². The number of carboxylic acid groups (broad SMARTS) is 1. The number of aliphatic carboxylic acids is 1. The van der Waals surface area contributed by atoms with Gasteiger partial charge >= 0.3 is 5.97 Å². The van der Waals surface area contributed by atoms with Crippen molar-refractivity contribution in [3.63, 3.8) is 0 Å². The first kappa shape index (κ1) is 13.8. The number of amides is 1. The summed E-state index contributed by atoms with van der Waals surface area (Å²) in [7, 11) is 0. The highest BCUT2D eigenvalue weighted by Crippen LogP contribution is 2.26. The van der Waals surface area contributed by atoms with E-state index in [4.69, 9.17) is 5.11 Å². The summed E-state index contributed by atoms with van der Waals surface area (Å²) in [6, 6.07) is 3.77. The van der Waals surface area contributed by atoms with Gasteiger partial charge in [-0.15, -0.1) is 11.3 Å². The Labute approximate surface area is 116 Å². The number of carboxylic acids is 1. The van der Waals surface area contributed by atoms with Gasteiger partial charge in [0.1, 0.15) is 0 Å². The molecule has 19 heavy (non-hydrogen) atoms. The molecule has 1 fully saturated rings. The van der Waals surface area contributed by atoms with Crippen molar-refractivity contribution >= 4 is 29.3 Å². The fraction of sp³-hybridized carbons (Fsp3) is 0.429. The smallest absolute Gasteiger partial charge is 0.328 e. The molecular weight excluding hydrogens is 262 g/mol. The molecule has 1 aromatic rings. The maximum Gasteiger partial charge on any atom is 0.328 e. The highest BCUT2D eigenvalue weighted by molar-refractivity contribution is 7.14. The number of nitrogens with one attached hydrogen (secondary N) is 1. The average molecular weight is 279 g/mol. The van der Waals surface area contributed by atoms with Crippen LogP contribution in [0.15, 0.2) is 18.2 Å². The second-order valence-electron chi connectivity index (χ2n) is 4.86. The average Bonchev–Trinajstić information content (AvgIpc) is 2.97. The Hall–Kier alpha value is -1.62. The van der Waals surface area contributed by atoms with Gasteiger partial charge in [0.05, 0.1) is 4.88 Å². The zero-order chi connectivity index (χ0) is 13.8. The number of rotatable bonds is 4. The van der Waals surface area contributed by atoms with E-state index in [-0.39, 0.29) is 11.9 Å². The van der Waals surface area contributed by atoms with Crippen molar-refractivity contribution in [2.24, 2.45) is 5.92 Å². The predicted octanol–water partition coefficient (Wildman–Crippen LogP) is 2.76. The van der Waals surface area contributed by atoms with Crippen molar-refractivity contribution in [1.29, 1.82) is 0 Å². The lowest BCUT2D eigenvalue weighted by molar-refractivity contribution is -0.131. The lowest BCUT2D eigenvalue weighted by Gasteiger charge is -2.16. The van der Waals surface area contributed by atoms with Crippen molar-refractivity contribution in [3.05, 3.63) is 28.0 Å². The minimum Gasteiger partial charge on any atom is -0.478 e. The molecule has 0 spiro atoms. The second kappa shape index (κ2) is 6.02. The molecule has 4 nitrogen and oxygen atoms in total. The maximum absolute atomic E-state index is 12.1. The van der Waals surface area contributed by atoms with Crippen molar-refractivity contribution in [3.8, 4) is 0 Å². The standard InChI is InChI=1S/C14H17NO3S/c1-9-3-2-4-11(9)15-14(18)12-7-5-10(19-12)6-8-13(16)17/h5-9,11H,2-4H2,1H3,(H,15,18)(H,16,17). The Morgan fingerprint density at radius 2 is 2.21 bits per heavy atom. The van der Waals surface area contributed by atoms with Crippen LogP contribution in [0.1, 0.15) is 40.7 Å². The van der Waals surface area contributed by atoms with Gasteiger partial charge in [-0.05, 0) is 37.0 Å². The fourth-order valence-electron chi connectivity index (χ4n) is 2.32. The quantitative estimate of drug-likeness (QED) is 0.833. The molecule has 1 amide bonds. The van der Waals surface area contributed by atoms with Crippen molar-refractivity contribution in [2.45, 2.75) is 32.2 Å². The maximum atomic E-state index is 12.1. The molecule has 2 N–H and O–H groups in total. The third-order valence-electron chi connectivity index (χ3n) is 3.42. The molecule has 102 valence electrons. The number of carbonyl (C=O) groups is 2. The van der Waals surface area contributed by atoms with Crippen LogP contribution in [0.2, 0.25) is 0 Å². The third-order valence-corrected chi connectivity index (χ3v) is 4.47. The summed E-state index contributed by atoms with van der Waals surface area (Å²) >= 11 is 1.31. The largest absolute Gasteiger partial charge is 0.478 e. The van der Waals surface area contributed by atoms with E-state index >= 15 is 0 Å². The summed E-state index contributed by atoms with van der Waals surface area (Å²) in [4.78, 5) is 23.9. The first-order valence-corrected chi connectivity index (χ1v) is 7.19. The summed E-state index contributed by atoms with van der Waals surface area (Å²) in [5, 5.41) is 11.6. The van der Waals surface area contributed by atoms with Crippen LogP contribution in [-0.4, -0.2) is 23.0 Å². The minimum atomic E-state index is -0.987. The van der Waals surface area contributed by atoms with Gasteiger partial charge in [-0.25, -0.2) is 4.79 Å². The monoisotopic (exact) mass is 279 g/mol. The van der Waals surface area contributed by atoms with Gasteiger partial charge in [0.2, 0.25) is 0 Å². The first-order valence-electron chi connectivity index (χ1n) is 6.38. The summed E-state index contributed by atoms with van der Waals surface area (Å²) < 4.78 is 0. The van der Waals surface area contributed by atoms with Gasteiger partial charge in [-0.2, -0.15) is 0 Å². The zero-order valence-corrected chi connectivity index (χ0v) is 11.6. The van der Waals surface area contributed by atoms with E-state index in [0.717, 1.165) is 17.4 Å². The first-order chi connectivity index (χ1) is 9.06. The van der Waals surface area contributed by atoms with Crippen LogP contribution >= 0.6 is 11.3 Å². The van der Waals surface area contributed by atoms with Gasteiger partial charge in [-0.3, -0.25) is 4.79 Å². The number of hydrogen-bond donors (Lipinski definition) is 2. The predicted molar refractivity (Wildman–Crippen MR) is 75.3 cm³/mol. The summed E-state index contributed by atoms with van der Waals surface area (Å²) in [6.07, 6.45) is 5.96. The molecule has 1 aliphatic rings. The molecule has 0 saturated heterocycles. The van der Waals surface area contributed by atoms with Gasteiger partial charge in [-0.1, -0.05) is 13.3 Å². The number of hydrogen-bond acceptors (Lipinski definition) is 3. The molecule has 2 unspecified atom stereocenters. The molecule has 2 rings (SSSR count). The molecule has 1 heterocycles. The van der Waals surface area contributed by atoms with Crippen molar-refractivity contribution in [2.75, 3.05) is 0 Å². The fourth-order valence-corrected chi connectivity index (χ4v) is 3.13. The SMILES string of the molecule is CC1CCCC1NC(=O)c1ccc(C=CC(=O)O)s1. The normalized spacial score (nSPS) is 22.8. The zero-order valence-electron chi connectivity index (χ0n) is 10.8. The lowest BCUT2D eigenvalue weighted by atomic mass is 10.1. The van der Waals surface area contributed by atoms with E-state index in [1.807, 2.05) is 0 Å². The molecule has 0 radical (unpaired) electrons. The molecular formula is C14H17NO3S. The van der Waals surface area contributed by atoms with Crippen LogP contribution in [0, 0.1) is 5.92 Å². The van der Waals surface area contributed by atoms with Crippen LogP contribution in [0.3, 0.4) is 0 Å².